The number of pyridine rings is 1. The highest BCUT2D eigenvalue weighted by Crippen LogP contribution is 2.52. The lowest BCUT2D eigenvalue weighted by atomic mass is 9.79. The van der Waals surface area contributed by atoms with E-state index in [0.29, 0.717) is 19.4 Å². The minimum Gasteiger partial charge on any atom is -0.457 e. The van der Waals surface area contributed by atoms with E-state index in [4.69, 9.17) is 9.47 Å². The fourth-order valence-corrected chi connectivity index (χ4v) is 6.96. The zero-order valence-corrected chi connectivity index (χ0v) is 21.9. The molecule has 6 atom stereocenters. The van der Waals surface area contributed by atoms with Gasteiger partial charge in [0.2, 0.25) is 5.91 Å². The van der Waals surface area contributed by atoms with E-state index in [1.807, 2.05) is 25.1 Å². The van der Waals surface area contributed by atoms with Crippen LogP contribution in [-0.2, 0) is 25.5 Å². The van der Waals surface area contributed by atoms with Crippen molar-refractivity contribution in [2.24, 2.45) is 11.8 Å². The second-order valence-electron chi connectivity index (χ2n) is 9.53. The maximum Gasteiger partial charge on any atom is 0.410 e. The maximum atomic E-state index is 13.0. The van der Waals surface area contributed by atoms with Gasteiger partial charge in [0, 0.05) is 47.0 Å². The number of rotatable bonds is 10. The molecular weight excluding hydrogens is 494 g/mol. The van der Waals surface area contributed by atoms with Crippen molar-refractivity contribution in [2.45, 2.75) is 50.1 Å². The van der Waals surface area contributed by atoms with Crippen molar-refractivity contribution in [2.75, 3.05) is 19.8 Å². The van der Waals surface area contributed by atoms with Gasteiger partial charge in [-0.05, 0) is 25.5 Å². The molecule has 198 valence electrons. The number of hydrogen-bond donors (Lipinski definition) is 1. The molecule has 2 saturated heterocycles. The van der Waals surface area contributed by atoms with Gasteiger partial charge in [-0.3, -0.25) is 9.78 Å². The van der Waals surface area contributed by atoms with Gasteiger partial charge in [-0.2, -0.15) is 0 Å². The first-order chi connectivity index (χ1) is 17.8. The molecule has 1 aromatic rings. The van der Waals surface area contributed by atoms with E-state index in [1.165, 1.54) is 28.8 Å². The molecule has 0 bridgehead atoms. The van der Waals surface area contributed by atoms with Crippen LogP contribution in [0.15, 0.2) is 60.3 Å². The molecule has 37 heavy (non-hydrogen) atoms. The average Bonchev–Trinajstić information content (AvgIpc) is 3.38. The summed E-state index contributed by atoms with van der Waals surface area (Å²) in [6.45, 7) is 11.3. The monoisotopic (exact) mass is 527 g/mol. The van der Waals surface area contributed by atoms with Crippen molar-refractivity contribution in [3.8, 4) is 0 Å². The van der Waals surface area contributed by atoms with Crippen LogP contribution in [0, 0.1) is 11.8 Å². The number of thioether (sulfide) groups is 1. The van der Waals surface area contributed by atoms with E-state index < -0.39 is 24.1 Å². The van der Waals surface area contributed by atoms with Crippen molar-refractivity contribution < 1.29 is 29.0 Å². The molecule has 0 unspecified atom stereocenters. The SMILES string of the molecule is C=CCOC(=O)C1=C(S[C@H]2C[C@@H](Cc3ccccn3)N(C(=O)OCC=C)C2)[C@H](C)[C@@H]2[C@@H]([C@@H](C)O)C(=O)N12. The van der Waals surface area contributed by atoms with Gasteiger partial charge in [-0.15, -0.1) is 11.8 Å². The van der Waals surface area contributed by atoms with Crippen molar-refractivity contribution in [3.63, 3.8) is 0 Å². The predicted molar refractivity (Wildman–Crippen MR) is 139 cm³/mol. The Balaban J connectivity index is 1.59. The van der Waals surface area contributed by atoms with Crippen LogP contribution < -0.4 is 0 Å². The molecule has 2 amide bonds. The molecule has 3 aliphatic rings. The van der Waals surface area contributed by atoms with Gasteiger partial charge in [0.25, 0.3) is 0 Å². The normalized spacial score (nSPS) is 27.4. The molecule has 3 aliphatic heterocycles. The zero-order chi connectivity index (χ0) is 26.7. The van der Waals surface area contributed by atoms with Crippen molar-refractivity contribution in [1.29, 1.82) is 0 Å². The Morgan fingerprint density at radius 1 is 1.27 bits per heavy atom. The summed E-state index contributed by atoms with van der Waals surface area (Å²) in [7, 11) is 0. The minimum atomic E-state index is -0.824. The quantitative estimate of drug-likeness (QED) is 0.281. The first kappa shape index (κ1) is 26.9. The Kier molecular flexibility index (Phi) is 8.39. The summed E-state index contributed by atoms with van der Waals surface area (Å²) in [6, 6.07) is 5.24. The molecule has 1 aromatic heterocycles. The van der Waals surface area contributed by atoms with Gasteiger partial charge < -0.3 is 24.4 Å². The number of amides is 2. The topological polar surface area (TPSA) is 109 Å². The first-order valence-electron chi connectivity index (χ1n) is 12.4. The Bertz CT molecular complexity index is 1090. The average molecular weight is 528 g/mol. The van der Waals surface area contributed by atoms with E-state index in [0.717, 1.165) is 10.6 Å². The summed E-state index contributed by atoms with van der Waals surface area (Å²) in [5.41, 5.74) is 1.11. The van der Waals surface area contributed by atoms with E-state index in [1.54, 1.807) is 18.0 Å². The smallest absolute Gasteiger partial charge is 0.410 e. The van der Waals surface area contributed by atoms with E-state index in [-0.39, 0.29) is 48.1 Å². The molecule has 2 fully saturated rings. The number of nitrogens with zero attached hydrogens (tertiary/aromatic N) is 3. The second-order valence-corrected chi connectivity index (χ2v) is 10.9. The molecule has 0 aliphatic carbocycles. The molecule has 0 spiro atoms. The number of aliphatic hydroxyl groups is 1. The summed E-state index contributed by atoms with van der Waals surface area (Å²) in [5.74, 6) is -1.59. The van der Waals surface area contributed by atoms with Gasteiger partial charge >= 0.3 is 12.1 Å². The minimum absolute atomic E-state index is 0.0275. The Morgan fingerprint density at radius 3 is 2.65 bits per heavy atom. The number of likely N-dealkylation sites (tertiary alicyclic amines) is 1. The second kappa shape index (κ2) is 11.5. The number of esters is 1. The van der Waals surface area contributed by atoms with Crippen molar-refractivity contribution in [1.82, 2.24) is 14.8 Å². The molecule has 0 saturated carbocycles. The zero-order valence-electron chi connectivity index (χ0n) is 21.1. The third-order valence-corrected chi connectivity index (χ3v) is 8.53. The lowest BCUT2D eigenvalue weighted by molar-refractivity contribution is -0.164. The van der Waals surface area contributed by atoms with E-state index in [9.17, 15) is 19.5 Å². The molecule has 1 N–H and O–H groups in total. The van der Waals surface area contributed by atoms with Crippen LogP contribution in [0.5, 0.6) is 0 Å². The Morgan fingerprint density at radius 2 is 2.00 bits per heavy atom. The van der Waals surface area contributed by atoms with Crippen LogP contribution >= 0.6 is 11.8 Å². The third kappa shape index (κ3) is 5.31. The van der Waals surface area contributed by atoms with Crippen LogP contribution in [0.25, 0.3) is 0 Å². The third-order valence-electron chi connectivity index (χ3n) is 7.03. The van der Waals surface area contributed by atoms with E-state index in [2.05, 4.69) is 18.1 Å². The van der Waals surface area contributed by atoms with Crippen LogP contribution in [0.1, 0.15) is 26.0 Å². The van der Waals surface area contributed by atoms with Gasteiger partial charge in [-0.1, -0.05) is 38.3 Å². The summed E-state index contributed by atoms with van der Waals surface area (Å²) in [5, 5.41) is 10.2. The predicted octanol–water partition coefficient (Wildman–Crippen LogP) is 2.92. The van der Waals surface area contributed by atoms with Crippen LogP contribution in [0.4, 0.5) is 4.79 Å². The van der Waals surface area contributed by atoms with Gasteiger partial charge in [0.1, 0.15) is 18.9 Å². The molecule has 9 nitrogen and oxygen atoms in total. The Labute approximate surface area is 221 Å². The highest BCUT2D eigenvalue weighted by molar-refractivity contribution is 8.03. The summed E-state index contributed by atoms with van der Waals surface area (Å²) in [6.07, 6.45) is 4.72. The number of aliphatic hydroxyl groups excluding tert-OH is 1. The fourth-order valence-electron chi connectivity index (χ4n) is 5.40. The number of fused-ring (bicyclic) bond motifs is 1. The van der Waals surface area contributed by atoms with Gasteiger partial charge in [0.05, 0.1) is 18.1 Å². The number of ether oxygens (including phenoxy) is 2. The standard InChI is InChI=1S/C27H33N3O6S/c1-5-11-35-26(33)23-24(16(3)22-21(17(4)31)25(32)30(22)23)37-20-14-19(13-18-9-7-8-10-28-18)29(15-20)27(34)36-12-6-2/h5-10,16-17,19-22,31H,1-2,11-15H2,3-4H3/t16-,17-,19-,20+,21-,22-/m1/s1. The van der Waals surface area contributed by atoms with Gasteiger partial charge in [-0.25, -0.2) is 9.59 Å². The molecule has 10 heteroatoms. The van der Waals surface area contributed by atoms with Crippen molar-refractivity contribution >= 4 is 29.7 Å². The van der Waals surface area contributed by atoms with Crippen molar-refractivity contribution in [3.05, 3.63) is 66.0 Å². The number of carbonyl (C=O) groups excluding carboxylic acids is 3. The van der Waals surface area contributed by atoms with Gasteiger partial charge in [0.15, 0.2) is 0 Å². The van der Waals surface area contributed by atoms with Crippen LogP contribution in [0.2, 0.25) is 0 Å². The summed E-state index contributed by atoms with van der Waals surface area (Å²) in [4.78, 5) is 47.2. The number of carbonyl (C=O) groups is 3. The summed E-state index contributed by atoms with van der Waals surface area (Å²) >= 11 is 1.50. The fraction of sp³-hybridized carbons (Fsp3) is 0.481. The molecule has 0 aromatic carbocycles. The largest absolute Gasteiger partial charge is 0.457 e. The maximum absolute atomic E-state index is 13.0. The molecular formula is C27H33N3O6S. The first-order valence-corrected chi connectivity index (χ1v) is 13.3. The highest BCUT2D eigenvalue weighted by Gasteiger charge is 2.60. The Hall–Kier alpha value is -3.11. The number of hydrogen-bond acceptors (Lipinski definition) is 8. The lowest BCUT2D eigenvalue weighted by Gasteiger charge is -2.46. The molecule has 4 heterocycles. The molecule has 0 radical (unpaired) electrons. The lowest BCUT2D eigenvalue weighted by Crippen LogP contribution is -2.63. The van der Waals surface area contributed by atoms with Crippen LogP contribution in [0.3, 0.4) is 0 Å². The van der Waals surface area contributed by atoms with Crippen LogP contribution in [-0.4, -0.2) is 81.1 Å². The molecule has 4 rings (SSSR count). The highest BCUT2D eigenvalue weighted by atomic mass is 32.2. The van der Waals surface area contributed by atoms with E-state index >= 15 is 0 Å². The summed E-state index contributed by atoms with van der Waals surface area (Å²) < 4.78 is 10.7. The number of aromatic nitrogens is 1. The number of β-lactam (4-membered cyclic amide) rings is 1.